The normalized spacial score (nSPS) is 30.8. The van der Waals surface area contributed by atoms with Crippen molar-refractivity contribution >= 4 is 47.1 Å². The molecule has 16 heteroatoms. The van der Waals surface area contributed by atoms with E-state index in [1.807, 2.05) is 6.92 Å². The smallest absolute Gasteiger partial charge is 0.409 e. The van der Waals surface area contributed by atoms with Gasteiger partial charge in [0.1, 0.15) is 46.8 Å². The van der Waals surface area contributed by atoms with Gasteiger partial charge in [-0.25, -0.2) is 9.59 Å². The highest BCUT2D eigenvalue weighted by molar-refractivity contribution is 6.35. The molecule has 3 heterocycles. The molecule has 1 aromatic rings. The molecule has 0 saturated carbocycles. The molecule has 1 aromatic carbocycles. The zero-order valence-corrected chi connectivity index (χ0v) is 34.1. The highest BCUT2D eigenvalue weighted by atomic mass is 35.5. The Hall–Kier alpha value is -4.18. The number of epoxide rings is 1. The Balaban J connectivity index is 1.85. The third-order valence-electron chi connectivity index (χ3n) is 11.0. The number of alkyl carbamates (subject to hydrolysis) is 1. The molecule has 10 atom stereocenters. The second-order valence-electron chi connectivity index (χ2n) is 14.8. The predicted octanol–water partition coefficient (Wildman–Crippen LogP) is 4.62. The number of hydrogen-bond acceptors (Lipinski definition) is 12. The Morgan fingerprint density at radius 1 is 1.18 bits per heavy atom. The number of carbonyl (C=O) groups excluding carboxylic acids is 5. The van der Waals surface area contributed by atoms with E-state index in [0.29, 0.717) is 17.6 Å². The van der Waals surface area contributed by atoms with Gasteiger partial charge in [-0.2, -0.15) is 0 Å². The summed E-state index contributed by atoms with van der Waals surface area (Å²) in [6.45, 7) is 11.6. The van der Waals surface area contributed by atoms with Crippen LogP contribution in [0.25, 0.3) is 0 Å². The number of nitrogens with one attached hydrogen (secondary N) is 1. The summed E-state index contributed by atoms with van der Waals surface area (Å²) in [6, 6.07) is 2.18. The average molecular weight is 792 g/mol. The minimum Gasteiger partial charge on any atom is -0.495 e. The fraction of sp³-hybridized carbons (Fsp3) is 0.615. The highest BCUT2D eigenvalue weighted by Gasteiger charge is 2.64. The molecular weight excluding hydrogens is 738 g/mol. The number of hydrogen-bond donors (Lipinski definition) is 2. The summed E-state index contributed by atoms with van der Waals surface area (Å²) in [5, 5.41) is 14.4. The van der Waals surface area contributed by atoms with Gasteiger partial charge in [0.15, 0.2) is 5.72 Å². The Morgan fingerprint density at radius 3 is 2.45 bits per heavy atom. The van der Waals surface area contributed by atoms with Crippen LogP contribution >= 0.6 is 11.6 Å². The Bertz CT molecular complexity index is 1720. The van der Waals surface area contributed by atoms with Gasteiger partial charge in [0.05, 0.1) is 25.3 Å². The number of ether oxygens (including phenoxy) is 6. The quantitative estimate of drug-likeness (QED) is 0.212. The number of aliphatic hydroxyl groups is 1. The van der Waals surface area contributed by atoms with Gasteiger partial charge in [0, 0.05) is 51.9 Å². The van der Waals surface area contributed by atoms with Crippen molar-refractivity contribution in [2.75, 3.05) is 33.2 Å². The molecule has 4 rings (SSSR count). The summed E-state index contributed by atoms with van der Waals surface area (Å²) in [6.07, 6.45) is -0.849. The summed E-state index contributed by atoms with van der Waals surface area (Å²) in [5.74, 6) is -2.82. The van der Waals surface area contributed by atoms with Crippen molar-refractivity contribution in [1.29, 1.82) is 0 Å². The summed E-state index contributed by atoms with van der Waals surface area (Å²) >= 11 is 6.79. The van der Waals surface area contributed by atoms with Crippen molar-refractivity contribution in [3.63, 3.8) is 0 Å². The van der Waals surface area contributed by atoms with Crippen LogP contribution in [-0.2, 0) is 42.9 Å². The molecule has 55 heavy (non-hydrogen) atoms. The molecule has 10 unspecified atom stereocenters. The lowest BCUT2D eigenvalue weighted by Gasteiger charge is -2.42. The number of amides is 3. The number of anilines is 1. The first-order chi connectivity index (χ1) is 25.7. The van der Waals surface area contributed by atoms with Crippen LogP contribution in [0.15, 0.2) is 35.9 Å². The monoisotopic (exact) mass is 791 g/mol. The lowest BCUT2D eigenvalue weighted by molar-refractivity contribution is -0.162. The average Bonchev–Trinajstić information content (AvgIpc) is 3.84. The van der Waals surface area contributed by atoms with E-state index in [4.69, 9.17) is 40.0 Å². The molecule has 2 fully saturated rings. The first-order valence-corrected chi connectivity index (χ1v) is 18.7. The molecule has 15 nitrogen and oxygen atoms in total. The van der Waals surface area contributed by atoms with E-state index < -0.39 is 84.2 Å². The van der Waals surface area contributed by atoms with Gasteiger partial charge in [-0.3, -0.25) is 19.7 Å². The number of fused-ring (bicyclic) bond motifs is 5. The predicted molar refractivity (Wildman–Crippen MR) is 201 cm³/mol. The molecule has 2 N–H and O–H groups in total. The lowest BCUT2D eigenvalue weighted by Crippen LogP contribution is -2.63. The highest BCUT2D eigenvalue weighted by Crippen LogP contribution is 2.49. The van der Waals surface area contributed by atoms with Crippen molar-refractivity contribution in [3.05, 3.63) is 46.5 Å². The third-order valence-corrected chi connectivity index (χ3v) is 11.4. The molecule has 4 bridgehead atoms. The van der Waals surface area contributed by atoms with E-state index in [9.17, 15) is 29.1 Å². The number of allylic oxidation sites excluding steroid dienone is 2. The minimum absolute atomic E-state index is 0.0987. The number of rotatable bonds is 8. The molecule has 304 valence electrons. The van der Waals surface area contributed by atoms with Crippen molar-refractivity contribution < 1.29 is 57.5 Å². The number of methoxy groups -OCH3 is 2. The summed E-state index contributed by atoms with van der Waals surface area (Å²) in [4.78, 5) is 68.9. The van der Waals surface area contributed by atoms with E-state index >= 15 is 0 Å². The van der Waals surface area contributed by atoms with E-state index in [1.165, 1.54) is 45.0 Å². The molecule has 3 aliphatic rings. The zero-order chi connectivity index (χ0) is 41.2. The SMILES string of the molecule is CCC(C)C(=O)N(C)C(C)C(=O)OC1CC(=O)N(C)c2cc(cc(OC)c2Cl)C(OC(C)=O)C(C)=CC=CC(OC)C2(O)CC(OC(=O)N2)C(C)C2OC12C. The summed E-state index contributed by atoms with van der Waals surface area (Å²) in [5.41, 5.74) is -2.01. The fourth-order valence-corrected chi connectivity index (χ4v) is 7.33. The standard InChI is InChI=1S/C39H54ClN3O12/c1-12-20(2)35(46)42(8)23(5)36(47)54-30-18-31(45)43(9)26-16-25(17-27(50-10)32(26)40)33(52-24(6)44)21(3)14-13-15-29(51-11)39(49)19-28(53-37(48)41-39)22(4)34-38(30,7)55-34/h13-17,20,22-23,28-30,33-34,49H,12,18-19H2,1-11H3,(H,41,48). The second-order valence-corrected chi connectivity index (χ2v) is 15.2. The molecule has 0 spiro atoms. The van der Waals surface area contributed by atoms with Crippen LogP contribution in [-0.4, -0.2) is 110 Å². The maximum atomic E-state index is 14.3. The number of esters is 2. The van der Waals surface area contributed by atoms with Gasteiger partial charge < -0.3 is 43.3 Å². The number of carbonyl (C=O) groups is 5. The van der Waals surface area contributed by atoms with Crippen LogP contribution in [0.5, 0.6) is 5.75 Å². The van der Waals surface area contributed by atoms with Crippen LogP contribution in [0, 0.1) is 11.8 Å². The van der Waals surface area contributed by atoms with Gasteiger partial charge in [-0.15, -0.1) is 0 Å². The van der Waals surface area contributed by atoms with Gasteiger partial charge >= 0.3 is 18.0 Å². The maximum Gasteiger partial charge on any atom is 0.409 e. The summed E-state index contributed by atoms with van der Waals surface area (Å²) in [7, 11) is 5.80. The molecule has 3 aliphatic heterocycles. The number of halogens is 1. The second kappa shape index (κ2) is 17.3. The molecule has 0 aromatic heterocycles. The lowest BCUT2D eigenvalue weighted by atomic mass is 9.83. The van der Waals surface area contributed by atoms with Crippen molar-refractivity contribution in [3.8, 4) is 5.75 Å². The Kier molecular flexibility index (Phi) is 13.7. The van der Waals surface area contributed by atoms with Crippen molar-refractivity contribution in [2.24, 2.45) is 11.8 Å². The zero-order valence-electron chi connectivity index (χ0n) is 33.3. The van der Waals surface area contributed by atoms with Crippen LogP contribution in [0.2, 0.25) is 5.02 Å². The van der Waals surface area contributed by atoms with E-state index in [-0.39, 0.29) is 34.7 Å². The topological polar surface area (TPSA) is 183 Å². The first kappa shape index (κ1) is 43.5. The minimum atomic E-state index is -1.92. The van der Waals surface area contributed by atoms with Crippen LogP contribution in [0.1, 0.15) is 79.4 Å². The number of likely N-dealkylation sites (N-methyl/N-ethyl adjacent to an activating group) is 1. The summed E-state index contributed by atoms with van der Waals surface area (Å²) < 4.78 is 34.9. The van der Waals surface area contributed by atoms with Gasteiger partial charge in [-0.1, -0.05) is 50.6 Å². The molecule has 0 aliphatic carbocycles. The van der Waals surface area contributed by atoms with Crippen LogP contribution in [0.4, 0.5) is 10.5 Å². The fourth-order valence-electron chi connectivity index (χ4n) is 7.01. The van der Waals surface area contributed by atoms with E-state index in [1.54, 1.807) is 65.0 Å². The van der Waals surface area contributed by atoms with E-state index in [2.05, 4.69) is 5.32 Å². The Morgan fingerprint density at radius 2 is 1.85 bits per heavy atom. The Labute approximate surface area is 327 Å². The maximum absolute atomic E-state index is 14.3. The number of nitrogens with zero attached hydrogens (tertiary/aromatic N) is 2. The molecule has 3 amide bonds. The van der Waals surface area contributed by atoms with E-state index in [0.717, 1.165) is 0 Å². The van der Waals surface area contributed by atoms with Gasteiger partial charge in [-0.05, 0) is 44.9 Å². The van der Waals surface area contributed by atoms with Crippen LogP contribution in [0.3, 0.4) is 0 Å². The largest absolute Gasteiger partial charge is 0.495 e. The van der Waals surface area contributed by atoms with Crippen molar-refractivity contribution in [2.45, 2.75) is 116 Å². The van der Waals surface area contributed by atoms with Gasteiger partial charge in [0.2, 0.25) is 11.8 Å². The molecule has 0 radical (unpaired) electrons. The molecule has 2 saturated heterocycles. The number of benzene rings is 1. The molecular formula is C39H54ClN3O12. The third kappa shape index (κ3) is 9.28. The first-order valence-electron chi connectivity index (χ1n) is 18.3. The van der Waals surface area contributed by atoms with Crippen molar-refractivity contribution in [1.82, 2.24) is 10.2 Å². The van der Waals surface area contributed by atoms with Crippen LogP contribution < -0.4 is 15.0 Å². The van der Waals surface area contributed by atoms with Gasteiger partial charge in [0.25, 0.3) is 0 Å².